The third-order valence-corrected chi connectivity index (χ3v) is 4.69. The van der Waals surface area contributed by atoms with Gasteiger partial charge < -0.3 is 14.8 Å². The highest BCUT2D eigenvalue weighted by molar-refractivity contribution is 5.82. The summed E-state index contributed by atoms with van der Waals surface area (Å²) in [6.45, 7) is 5.57. The number of carbonyl (C=O) groups excluding carboxylic acids is 1. The van der Waals surface area contributed by atoms with Crippen molar-refractivity contribution in [2.24, 2.45) is 5.92 Å². The molecule has 0 fully saturated rings. The van der Waals surface area contributed by atoms with Crippen molar-refractivity contribution in [1.29, 1.82) is 10.5 Å². The number of para-hydroxylation sites is 1. The third-order valence-electron chi connectivity index (χ3n) is 4.69. The minimum Gasteiger partial charge on any atom is -0.492 e. The van der Waals surface area contributed by atoms with Crippen LogP contribution in [0, 0.1) is 28.6 Å². The minimum absolute atomic E-state index is 0.00247. The molecule has 1 amide bonds. The number of fused-ring (bicyclic) bond motifs is 1. The Balaban J connectivity index is 2.10. The van der Waals surface area contributed by atoms with Crippen molar-refractivity contribution in [2.75, 3.05) is 6.61 Å². The summed E-state index contributed by atoms with van der Waals surface area (Å²) in [4.78, 5) is 12.6. The molecule has 0 aliphatic carbocycles. The fourth-order valence-electron chi connectivity index (χ4n) is 3.52. The summed E-state index contributed by atoms with van der Waals surface area (Å²) in [7, 11) is 0. The lowest BCUT2D eigenvalue weighted by Gasteiger charge is -2.35. The summed E-state index contributed by atoms with van der Waals surface area (Å²) in [5.41, 5.74) is 1.40. The second-order valence-corrected chi connectivity index (χ2v) is 7.96. The van der Waals surface area contributed by atoms with Gasteiger partial charge in [0.1, 0.15) is 29.1 Å². The van der Waals surface area contributed by atoms with Gasteiger partial charge in [0.2, 0.25) is 0 Å². The van der Waals surface area contributed by atoms with E-state index in [0.29, 0.717) is 16.9 Å². The van der Waals surface area contributed by atoms with Gasteiger partial charge in [-0.1, -0.05) is 48.5 Å². The summed E-state index contributed by atoms with van der Waals surface area (Å²) in [5.74, 6) is 0.153. The van der Waals surface area contributed by atoms with Gasteiger partial charge in [-0.3, -0.25) is 0 Å². The summed E-state index contributed by atoms with van der Waals surface area (Å²) >= 11 is 0. The van der Waals surface area contributed by atoms with Crippen LogP contribution >= 0.6 is 0 Å². The molecule has 2 aromatic carbocycles. The number of allylic oxidation sites excluding steroid dienone is 1. The Bertz CT molecular complexity index is 1020. The predicted molar refractivity (Wildman–Crippen MR) is 112 cm³/mol. The van der Waals surface area contributed by atoms with Gasteiger partial charge in [0.15, 0.2) is 0 Å². The van der Waals surface area contributed by atoms with Gasteiger partial charge in [-0.05, 0) is 32.4 Å². The highest BCUT2D eigenvalue weighted by Crippen LogP contribution is 2.43. The van der Waals surface area contributed by atoms with Crippen molar-refractivity contribution in [3.05, 3.63) is 71.3 Å². The fraction of sp³-hybridized carbons (Fsp3) is 0.292. The zero-order chi connectivity index (χ0) is 21.7. The smallest absolute Gasteiger partial charge is 0.408 e. The zero-order valence-electron chi connectivity index (χ0n) is 17.2. The largest absolute Gasteiger partial charge is 0.492 e. The first-order valence-corrected chi connectivity index (χ1v) is 9.65. The molecule has 1 aliphatic heterocycles. The maximum atomic E-state index is 12.6. The van der Waals surface area contributed by atoms with Crippen molar-refractivity contribution in [1.82, 2.24) is 5.32 Å². The predicted octanol–water partition coefficient (Wildman–Crippen LogP) is 4.76. The summed E-state index contributed by atoms with van der Waals surface area (Å²) in [6.07, 6.45) is -0.579. The van der Waals surface area contributed by atoms with Crippen LogP contribution in [0.5, 0.6) is 5.75 Å². The van der Waals surface area contributed by atoms with Gasteiger partial charge in [0.05, 0.1) is 12.6 Å². The van der Waals surface area contributed by atoms with Gasteiger partial charge in [0, 0.05) is 17.1 Å². The summed E-state index contributed by atoms with van der Waals surface area (Å²) in [6, 6.07) is 20.2. The number of hydrogen-bond acceptors (Lipinski definition) is 5. The van der Waals surface area contributed by atoms with E-state index in [2.05, 4.69) is 5.32 Å². The standard InChI is InChI=1S/C24H23N3O3/c1-24(2,3)30-23(28)27-22(16-9-5-4-6-10-16)19-15-29-20-12-8-7-11-18(20)21(19)17(13-25)14-26/h4-12,19,22H,15H2,1-3H3,(H,27,28)/t19-,22+/m0/s1. The molecule has 6 heteroatoms. The monoisotopic (exact) mass is 401 g/mol. The van der Waals surface area contributed by atoms with E-state index >= 15 is 0 Å². The molecule has 1 aliphatic rings. The normalized spacial score (nSPS) is 16.2. The lowest BCUT2D eigenvalue weighted by Crippen LogP contribution is -2.40. The molecule has 0 unspecified atom stereocenters. The molecule has 152 valence electrons. The van der Waals surface area contributed by atoms with Crippen LogP contribution in [0.25, 0.3) is 5.57 Å². The van der Waals surface area contributed by atoms with Crippen LogP contribution in [0.4, 0.5) is 4.79 Å². The summed E-state index contributed by atoms with van der Waals surface area (Å²) in [5, 5.41) is 22.2. The van der Waals surface area contributed by atoms with Gasteiger partial charge in [-0.15, -0.1) is 0 Å². The molecular weight excluding hydrogens is 378 g/mol. The van der Waals surface area contributed by atoms with Crippen LogP contribution < -0.4 is 10.1 Å². The molecule has 1 N–H and O–H groups in total. The number of benzene rings is 2. The van der Waals surface area contributed by atoms with E-state index in [-0.39, 0.29) is 12.2 Å². The SMILES string of the molecule is CC(C)(C)OC(=O)N[C@H](c1ccccc1)[C@H]1COc2ccccc2C1=C(C#N)C#N. The molecule has 30 heavy (non-hydrogen) atoms. The van der Waals surface area contributed by atoms with Gasteiger partial charge >= 0.3 is 6.09 Å². The Hall–Kier alpha value is -3.77. The first-order valence-electron chi connectivity index (χ1n) is 9.65. The highest BCUT2D eigenvalue weighted by atomic mass is 16.6. The Morgan fingerprint density at radius 2 is 1.73 bits per heavy atom. The molecule has 3 rings (SSSR count). The number of rotatable bonds is 3. The van der Waals surface area contributed by atoms with Gasteiger partial charge in [-0.25, -0.2) is 4.79 Å². The Morgan fingerprint density at radius 3 is 2.37 bits per heavy atom. The Morgan fingerprint density at radius 1 is 1.10 bits per heavy atom. The van der Waals surface area contributed by atoms with Crippen molar-refractivity contribution >= 4 is 11.7 Å². The lowest BCUT2D eigenvalue weighted by molar-refractivity contribution is 0.0484. The first kappa shape index (κ1) is 21.0. The Labute approximate surface area is 176 Å². The van der Waals surface area contributed by atoms with Crippen LogP contribution in [0.15, 0.2) is 60.2 Å². The number of nitrogens with zero attached hydrogens (tertiary/aromatic N) is 2. The van der Waals surface area contributed by atoms with E-state index in [1.807, 2.05) is 60.7 Å². The van der Waals surface area contributed by atoms with Crippen LogP contribution in [0.1, 0.15) is 37.9 Å². The molecule has 0 aromatic heterocycles. The van der Waals surface area contributed by atoms with E-state index in [9.17, 15) is 15.3 Å². The maximum absolute atomic E-state index is 12.6. The number of carbonyl (C=O) groups is 1. The second kappa shape index (κ2) is 8.71. The van der Waals surface area contributed by atoms with Gasteiger partial charge in [0.25, 0.3) is 0 Å². The number of ether oxygens (including phenoxy) is 2. The molecule has 2 aromatic rings. The van der Waals surface area contributed by atoms with E-state index < -0.39 is 23.7 Å². The van der Waals surface area contributed by atoms with E-state index in [4.69, 9.17) is 9.47 Å². The van der Waals surface area contributed by atoms with Gasteiger partial charge in [-0.2, -0.15) is 10.5 Å². The van der Waals surface area contributed by atoms with Crippen molar-refractivity contribution in [2.45, 2.75) is 32.4 Å². The molecule has 1 heterocycles. The highest BCUT2D eigenvalue weighted by Gasteiger charge is 2.36. The molecular formula is C24H23N3O3. The average Bonchev–Trinajstić information content (AvgIpc) is 2.72. The average molecular weight is 401 g/mol. The molecule has 0 saturated carbocycles. The number of nitrogens with one attached hydrogen (secondary N) is 1. The number of alkyl carbamates (subject to hydrolysis) is 1. The lowest BCUT2D eigenvalue weighted by atomic mass is 9.80. The van der Waals surface area contributed by atoms with Crippen LogP contribution in [-0.2, 0) is 4.74 Å². The molecule has 0 radical (unpaired) electrons. The van der Waals surface area contributed by atoms with Crippen LogP contribution in [0.3, 0.4) is 0 Å². The zero-order valence-corrected chi connectivity index (χ0v) is 17.2. The third kappa shape index (κ3) is 4.61. The fourth-order valence-corrected chi connectivity index (χ4v) is 3.52. The number of nitriles is 2. The molecule has 0 bridgehead atoms. The number of amides is 1. The quantitative estimate of drug-likeness (QED) is 0.748. The van der Waals surface area contributed by atoms with Crippen molar-refractivity contribution in [3.8, 4) is 17.9 Å². The van der Waals surface area contributed by atoms with E-state index in [0.717, 1.165) is 5.56 Å². The minimum atomic E-state index is -0.663. The molecule has 0 saturated heterocycles. The maximum Gasteiger partial charge on any atom is 0.408 e. The topological polar surface area (TPSA) is 95.1 Å². The Kier molecular flexibility index (Phi) is 6.09. The van der Waals surface area contributed by atoms with Crippen LogP contribution in [0.2, 0.25) is 0 Å². The molecule has 0 spiro atoms. The van der Waals surface area contributed by atoms with E-state index in [1.54, 1.807) is 26.8 Å². The summed E-state index contributed by atoms with van der Waals surface area (Å²) < 4.78 is 11.4. The van der Waals surface area contributed by atoms with Crippen LogP contribution in [-0.4, -0.2) is 18.3 Å². The first-order chi connectivity index (χ1) is 14.3. The second-order valence-electron chi connectivity index (χ2n) is 7.96. The van der Waals surface area contributed by atoms with Crippen molar-refractivity contribution < 1.29 is 14.3 Å². The molecule has 2 atom stereocenters. The van der Waals surface area contributed by atoms with Crippen molar-refractivity contribution in [3.63, 3.8) is 0 Å². The van der Waals surface area contributed by atoms with E-state index in [1.165, 1.54) is 0 Å². The number of hydrogen-bond donors (Lipinski definition) is 1. The molecule has 6 nitrogen and oxygen atoms in total.